The lowest BCUT2D eigenvalue weighted by Crippen LogP contribution is -1.99. The first-order valence-electron chi connectivity index (χ1n) is 4.62. The van der Waals surface area contributed by atoms with Crippen molar-refractivity contribution < 1.29 is 5.21 Å². The number of oxime groups is 1. The van der Waals surface area contributed by atoms with Crippen LogP contribution in [-0.2, 0) is 6.54 Å². The zero-order valence-electron chi connectivity index (χ0n) is 8.11. The van der Waals surface area contributed by atoms with Crippen LogP contribution in [-0.4, -0.2) is 21.2 Å². The van der Waals surface area contributed by atoms with E-state index in [1.54, 1.807) is 10.9 Å². The lowest BCUT2D eigenvalue weighted by Gasteiger charge is -2.00. The van der Waals surface area contributed by atoms with Gasteiger partial charge in [-0.1, -0.05) is 35.5 Å². The maximum absolute atomic E-state index is 8.35. The van der Waals surface area contributed by atoms with Crippen LogP contribution in [0.5, 0.6) is 0 Å². The molecular weight excluding hydrogens is 190 g/mol. The number of rotatable bonds is 3. The fraction of sp³-hybridized carbons (Fsp3) is 0.0909. The molecule has 0 unspecified atom stereocenters. The van der Waals surface area contributed by atoms with Crippen LogP contribution in [0.3, 0.4) is 0 Å². The maximum Gasteiger partial charge on any atom is 0.0765 e. The summed E-state index contributed by atoms with van der Waals surface area (Å²) in [6.07, 6.45) is 4.84. The number of benzene rings is 1. The quantitative estimate of drug-likeness (QED) is 0.467. The predicted octanol–water partition coefficient (Wildman–Crippen LogP) is 1.74. The second-order valence-electron chi connectivity index (χ2n) is 3.20. The van der Waals surface area contributed by atoms with E-state index < -0.39 is 0 Å². The Balaban J connectivity index is 2.11. The number of hydrogen-bond acceptors (Lipinski definition) is 3. The van der Waals surface area contributed by atoms with E-state index in [0.717, 1.165) is 12.1 Å². The van der Waals surface area contributed by atoms with Crippen LogP contribution < -0.4 is 0 Å². The average molecular weight is 201 g/mol. The monoisotopic (exact) mass is 201 g/mol. The Kier molecular flexibility index (Phi) is 2.78. The van der Waals surface area contributed by atoms with E-state index in [4.69, 9.17) is 5.21 Å². The van der Waals surface area contributed by atoms with Gasteiger partial charge in [0.1, 0.15) is 0 Å². The third-order valence-electron chi connectivity index (χ3n) is 2.05. The minimum absolute atomic E-state index is 0.722. The Morgan fingerprint density at radius 2 is 2.13 bits per heavy atom. The predicted molar refractivity (Wildman–Crippen MR) is 57.2 cm³/mol. The second-order valence-corrected chi connectivity index (χ2v) is 3.20. The maximum atomic E-state index is 8.35. The van der Waals surface area contributed by atoms with Gasteiger partial charge in [-0.15, -0.1) is 0 Å². The average Bonchev–Trinajstić information content (AvgIpc) is 2.68. The van der Waals surface area contributed by atoms with Crippen LogP contribution in [0.15, 0.2) is 47.9 Å². The molecule has 0 bridgehead atoms. The molecule has 0 amide bonds. The number of nitrogens with zero attached hydrogens (tertiary/aromatic N) is 3. The molecule has 1 aromatic heterocycles. The van der Waals surface area contributed by atoms with Crippen molar-refractivity contribution in [2.75, 3.05) is 0 Å². The van der Waals surface area contributed by atoms with Crippen molar-refractivity contribution in [3.05, 3.63) is 53.9 Å². The molecule has 4 nitrogen and oxygen atoms in total. The topological polar surface area (TPSA) is 50.4 Å². The van der Waals surface area contributed by atoms with Crippen molar-refractivity contribution in [2.45, 2.75) is 6.54 Å². The Morgan fingerprint density at radius 3 is 2.87 bits per heavy atom. The first-order valence-corrected chi connectivity index (χ1v) is 4.62. The SMILES string of the molecule is O/N=C\c1cnn(Cc2ccccc2)c1. The van der Waals surface area contributed by atoms with E-state index >= 15 is 0 Å². The van der Waals surface area contributed by atoms with E-state index in [2.05, 4.69) is 10.3 Å². The van der Waals surface area contributed by atoms with E-state index in [1.807, 2.05) is 36.5 Å². The van der Waals surface area contributed by atoms with Gasteiger partial charge in [-0.2, -0.15) is 5.10 Å². The molecule has 1 heterocycles. The molecule has 0 fully saturated rings. The van der Waals surface area contributed by atoms with Crippen LogP contribution >= 0.6 is 0 Å². The Hall–Kier alpha value is -2.10. The molecule has 0 saturated carbocycles. The summed E-state index contributed by atoms with van der Waals surface area (Å²) in [5, 5.41) is 15.4. The first kappa shape index (κ1) is 9.45. The Labute approximate surface area is 87.5 Å². The molecule has 2 rings (SSSR count). The molecule has 0 radical (unpaired) electrons. The van der Waals surface area contributed by atoms with Crippen LogP contribution in [0.4, 0.5) is 0 Å². The van der Waals surface area contributed by atoms with Gasteiger partial charge in [-0.25, -0.2) is 0 Å². The summed E-state index contributed by atoms with van der Waals surface area (Å²) in [6.45, 7) is 0.722. The lowest BCUT2D eigenvalue weighted by molar-refractivity contribution is 0.322. The Morgan fingerprint density at radius 1 is 1.33 bits per heavy atom. The molecule has 15 heavy (non-hydrogen) atoms. The zero-order valence-corrected chi connectivity index (χ0v) is 8.11. The molecule has 1 N–H and O–H groups in total. The highest BCUT2D eigenvalue weighted by molar-refractivity contribution is 5.77. The molecule has 4 heteroatoms. The second kappa shape index (κ2) is 4.41. The molecule has 1 aromatic carbocycles. The summed E-state index contributed by atoms with van der Waals surface area (Å²) in [6, 6.07) is 10.1. The van der Waals surface area contributed by atoms with Crippen LogP contribution in [0.1, 0.15) is 11.1 Å². The van der Waals surface area contributed by atoms with Crippen molar-refractivity contribution >= 4 is 6.21 Å². The molecule has 76 valence electrons. The van der Waals surface area contributed by atoms with Gasteiger partial charge in [0.2, 0.25) is 0 Å². The highest BCUT2D eigenvalue weighted by atomic mass is 16.4. The van der Waals surface area contributed by atoms with Gasteiger partial charge in [0.05, 0.1) is 19.0 Å². The van der Waals surface area contributed by atoms with E-state index in [9.17, 15) is 0 Å². The van der Waals surface area contributed by atoms with E-state index in [1.165, 1.54) is 11.8 Å². The molecule has 0 aliphatic rings. The standard InChI is InChI=1S/C11H11N3O/c15-13-7-11-6-12-14(9-11)8-10-4-2-1-3-5-10/h1-7,9,15H,8H2/b13-7-. The fourth-order valence-corrected chi connectivity index (χ4v) is 1.37. The summed E-state index contributed by atoms with van der Waals surface area (Å²) in [4.78, 5) is 0. The fourth-order valence-electron chi connectivity index (χ4n) is 1.37. The number of aromatic nitrogens is 2. The van der Waals surface area contributed by atoms with Gasteiger partial charge < -0.3 is 5.21 Å². The van der Waals surface area contributed by atoms with Gasteiger partial charge in [-0.05, 0) is 5.56 Å². The molecule has 0 atom stereocenters. The third kappa shape index (κ3) is 2.43. The normalized spacial score (nSPS) is 10.9. The summed E-state index contributed by atoms with van der Waals surface area (Å²) in [5.74, 6) is 0. The molecule has 2 aromatic rings. The highest BCUT2D eigenvalue weighted by Gasteiger charge is 1.97. The summed E-state index contributed by atoms with van der Waals surface area (Å²) in [7, 11) is 0. The van der Waals surface area contributed by atoms with Gasteiger partial charge >= 0.3 is 0 Å². The summed E-state index contributed by atoms with van der Waals surface area (Å²) < 4.78 is 1.80. The molecule has 0 aliphatic heterocycles. The first-order chi connectivity index (χ1) is 7.38. The summed E-state index contributed by atoms with van der Waals surface area (Å²) >= 11 is 0. The zero-order chi connectivity index (χ0) is 10.5. The van der Waals surface area contributed by atoms with Crippen molar-refractivity contribution in [2.24, 2.45) is 5.16 Å². The summed E-state index contributed by atoms with van der Waals surface area (Å²) in [5.41, 5.74) is 1.97. The van der Waals surface area contributed by atoms with E-state index in [-0.39, 0.29) is 0 Å². The van der Waals surface area contributed by atoms with Crippen molar-refractivity contribution in [1.82, 2.24) is 9.78 Å². The van der Waals surface area contributed by atoms with Gasteiger partial charge in [0.15, 0.2) is 0 Å². The van der Waals surface area contributed by atoms with Crippen molar-refractivity contribution in [3.8, 4) is 0 Å². The van der Waals surface area contributed by atoms with E-state index in [0.29, 0.717) is 0 Å². The minimum Gasteiger partial charge on any atom is -0.411 e. The van der Waals surface area contributed by atoms with Gasteiger partial charge in [-0.3, -0.25) is 4.68 Å². The van der Waals surface area contributed by atoms with Crippen molar-refractivity contribution in [3.63, 3.8) is 0 Å². The van der Waals surface area contributed by atoms with Gasteiger partial charge in [0, 0.05) is 11.8 Å². The van der Waals surface area contributed by atoms with Crippen molar-refractivity contribution in [1.29, 1.82) is 0 Å². The smallest absolute Gasteiger partial charge is 0.0765 e. The third-order valence-corrected chi connectivity index (χ3v) is 2.05. The van der Waals surface area contributed by atoms with Crippen LogP contribution in [0, 0.1) is 0 Å². The number of hydrogen-bond donors (Lipinski definition) is 1. The molecule has 0 aliphatic carbocycles. The lowest BCUT2D eigenvalue weighted by atomic mass is 10.2. The minimum atomic E-state index is 0.722. The Bertz CT molecular complexity index is 448. The highest BCUT2D eigenvalue weighted by Crippen LogP contribution is 2.02. The molecule has 0 saturated heterocycles. The van der Waals surface area contributed by atoms with Gasteiger partial charge in [0.25, 0.3) is 0 Å². The largest absolute Gasteiger partial charge is 0.411 e. The van der Waals surface area contributed by atoms with Crippen LogP contribution in [0.25, 0.3) is 0 Å². The van der Waals surface area contributed by atoms with Crippen LogP contribution in [0.2, 0.25) is 0 Å². The molecule has 0 spiro atoms. The molecular formula is C11H11N3O.